The Balaban J connectivity index is 1.65. The number of fused-ring (bicyclic) bond motifs is 1. The van der Waals surface area contributed by atoms with Gasteiger partial charge in [-0.1, -0.05) is 23.5 Å². The Bertz CT molecular complexity index is 1210. The van der Waals surface area contributed by atoms with E-state index in [2.05, 4.69) is 10.3 Å². The molecular weight excluding hydrogens is 379 g/mol. The van der Waals surface area contributed by atoms with Gasteiger partial charge in [-0.15, -0.1) is 0 Å². The largest absolute Gasteiger partial charge is 0.366 e. The first-order chi connectivity index (χ1) is 13.4. The van der Waals surface area contributed by atoms with Gasteiger partial charge in [0, 0.05) is 17.5 Å². The number of benzene rings is 2. The third-order valence-corrected chi connectivity index (χ3v) is 5.50. The Morgan fingerprint density at radius 2 is 1.86 bits per heavy atom. The molecule has 0 spiro atoms. The summed E-state index contributed by atoms with van der Waals surface area (Å²) in [7, 11) is 0. The number of anilines is 1. The molecule has 0 saturated carbocycles. The topological polar surface area (TPSA) is 89.5 Å². The Morgan fingerprint density at radius 3 is 2.54 bits per heavy atom. The lowest BCUT2D eigenvalue weighted by Gasteiger charge is -2.08. The van der Waals surface area contributed by atoms with Crippen molar-refractivity contribution in [2.24, 2.45) is 5.73 Å². The van der Waals surface area contributed by atoms with Gasteiger partial charge in [-0.25, -0.2) is 9.37 Å². The molecule has 0 saturated heterocycles. The number of nitrogens with two attached hydrogens (primary N) is 1. The van der Waals surface area contributed by atoms with Gasteiger partial charge in [0.25, 0.3) is 11.8 Å². The number of imidazole rings is 1. The van der Waals surface area contributed by atoms with Crippen LogP contribution in [0.15, 0.2) is 54.7 Å². The lowest BCUT2D eigenvalue weighted by Crippen LogP contribution is -2.18. The predicted octanol–water partition coefficient (Wildman–Crippen LogP) is 3.86. The summed E-state index contributed by atoms with van der Waals surface area (Å²) in [4.78, 5) is 29.9. The van der Waals surface area contributed by atoms with Crippen molar-refractivity contribution in [3.63, 3.8) is 0 Å². The number of carbonyl (C=O) groups excluding carboxylic acids is 2. The van der Waals surface area contributed by atoms with E-state index in [9.17, 15) is 14.0 Å². The molecule has 0 fully saturated rings. The first kappa shape index (κ1) is 17.9. The molecule has 0 aliphatic carbocycles. The Morgan fingerprint density at radius 1 is 1.14 bits per heavy atom. The minimum atomic E-state index is -0.613. The van der Waals surface area contributed by atoms with E-state index in [0.29, 0.717) is 21.2 Å². The van der Waals surface area contributed by atoms with Gasteiger partial charge in [0.05, 0.1) is 16.9 Å². The minimum Gasteiger partial charge on any atom is -0.366 e. The number of carbonyl (C=O) groups is 2. The van der Waals surface area contributed by atoms with Crippen LogP contribution in [0.3, 0.4) is 0 Å². The number of hydrogen-bond donors (Lipinski definition) is 2. The van der Waals surface area contributed by atoms with Gasteiger partial charge < -0.3 is 11.1 Å². The monoisotopic (exact) mass is 394 g/mol. The van der Waals surface area contributed by atoms with Crippen LogP contribution in [0.25, 0.3) is 16.2 Å². The summed E-state index contributed by atoms with van der Waals surface area (Å²) in [6, 6.07) is 12.6. The molecule has 4 rings (SSSR count). The van der Waals surface area contributed by atoms with Gasteiger partial charge in [0.15, 0.2) is 4.96 Å². The summed E-state index contributed by atoms with van der Waals surface area (Å²) in [6.07, 6.45) is 1.81. The maximum atomic E-state index is 13.1. The molecule has 2 aromatic heterocycles. The van der Waals surface area contributed by atoms with Gasteiger partial charge in [0.1, 0.15) is 10.7 Å². The molecule has 2 aromatic carbocycles. The molecule has 0 unspecified atom stereocenters. The lowest BCUT2D eigenvalue weighted by atomic mass is 10.1. The van der Waals surface area contributed by atoms with Crippen molar-refractivity contribution in [1.82, 2.24) is 9.38 Å². The highest BCUT2D eigenvalue weighted by molar-refractivity contribution is 7.19. The first-order valence-corrected chi connectivity index (χ1v) is 9.20. The second-order valence-corrected chi connectivity index (χ2v) is 7.14. The number of nitrogens with one attached hydrogen (secondary N) is 1. The molecule has 28 heavy (non-hydrogen) atoms. The number of thiazole rings is 1. The van der Waals surface area contributed by atoms with Crippen molar-refractivity contribution >= 4 is 33.8 Å². The summed E-state index contributed by atoms with van der Waals surface area (Å²) in [5.41, 5.74) is 8.16. The molecule has 0 radical (unpaired) electrons. The van der Waals surface area contributed by atoms with Gasteiger partial charge in [-0.05, 0) is 43.3 Å². The van der Waals surface area contributed by atoms with Crippen LogP contribution in [0.5, 0.6) is 0 Å². The maximum Gasteiger partial charge on any atom is 0.267 e. The van der Waals surface area contributed by atoms with Crippen molar-refractivity contribution < 1.29 is 14.0 Å². The summed E-state index contributed by atoms with van der Waals surface area (Å²) in [5, 5.41) is 2.74. The molecule has 3 N–H and O–H groups in total. The number of rotatable bonds is 4. The van der Waals surface area contributed by atoms with Crippen LogP contribution in [-0.2, 0) is 0 Å². The normalized spacial score (nSPS) is 10.9. The number of halogens is 1. The molecule has 4 aromatic rings. The van der Waals surface area contributed by atoms with Gasteiger partial charge in [-0.2, -0.15) is 0 Å². The van der Waals surface area contributed by atoms with Crippen molar-refractivity contribution in [2.45, 2.75) is 6.92 Å². The number of primary amides is 1. The molecule has 0 aliphatic heterocycles. The highest BCUT2D eigenvalue weighted by Gasteiger charge is 2.19. The van der Waals surface area contributed by atoms with Crippen molar-refractivity contribution in [2.75, 3.05) is 5.32 Å². The maximum absolute atomic E-state index is 13.1. The molecule has 0 aliphatic rings. The fourth-order valence-electron chi connectivity index (χ4n) is 2.91. The lowest BCUT2D eigenvalue weighted by molar-refractivity contribution is 0.100. The SMILES string of the molecule is Cc1c(C(=O)Nc2ccccc2C(N)=O)sc2nc(-c3ccc(F)cc3)cn12. The summed E-state index contributed by atoms with van der Waals surface area (Å²) < 4.78 is 14.9. The van der Waals surface area contributed by atoms with Crippen LogP contribution < -0.4 is 11.1 Å². The van der Waals surface area contributed by atoms with Crippen molar-refractivity contribution in [1.29, 1.82) is 0 Å². The molecule has 0 atom stereocenters. The van der Waals surface area contributed by atoms with Crippen molar-refractivity contribution in [3.8, 4) is 11.3 Å². The fourth-order valence-corrected chi connectivity index (χ4v) is 3.91. The second kappa shape index (κ2) is 6.90. The van der Waals surface area contributed by atoms with Crippen molar-refractivity contribution in [3.05, 3.63) is 76.7 Å². The van der Waals surface area contributed by atoms with Crippen LogP contribution in [0.4, 0.5) is 10.1 Å². The fraction of sp³-hybridized carbons (Fsp3) is 0.0500. The molecule has 2 heterocycles. The third-order valence-electron chi connectivity index (χ3n) is 4.34. The second-order valence-electron chi connectivity index (χ2n) is 6.17. The van der Waals surface area contributed by atoms with Crippen LogP contribution in [0.1, 0.15) is 25.7 Å². The van der Waals surface area contributed by atoms with E-state index in [1.165, 1.54) is 23.5 Å². The van der Waals surface area contributed by atoms with E-state index >= 15 is 0 Å². The van der Waals surface area contributed by atoms with E-state index < -0.39 is 5.91 Å². The van der Waals surface area contributed by atoms with Gasteiger partial charge >= 0.3 is 0 Å². The zero-order valence-electron chi connectivity index (χ0n) is 14.8. The average molecular weight is 394 g/mol. The van der Waals surface area contributed by atoms with E-state index in [-0.39, 0.29) is 17.3 Å². The number of para-hydroxylation sites is 1. The number of aryl methyl sites for hydroxylation is 1. The van der Waals surface area contributed by atoms with Gasteiger partial charge in [-0.3, -0.25) is 14.0 Å². The molecule has 0 bridgehead atoms. The molecular formula is C20H15FN4O2S. The number of aromatic nitrogens is 2. The Kier molecular flexibility index (Phi) is 4.40. The molecule has 2 amide bonds. The zero-order valence-corrected chi connectivity index (χ0v) is 15.6. The van der Waals surface area contributed by atoms with E-state index in [1.54, 1.807) is 36.4 Å². The highest BCUT2D eigenvalue weighted by Crippen LogP contribution is 2.28. The minimum absolute atomic E-state index is 0.244. The van der Waals surface area contributed by atoms with E-state index in [0.717, 1.165) is 11.3 Å². The van der Waals surface area contributed by atoms with Crippen LogP contribution in [0, 0.1) is 12.7 Å². The van der Waals surface area contributed by atoms with Crippen LogP contribution in [0.2, 0.25) is 0 Å². The van der Waals surface area contributed by atoms with Gasteiger partial charge in [0.2, 0.25) is 0 Å². The zero-order chi connectivity index (χ0) is 19.8. The number of amides is 2. The third kappa shape index (κ3) is 3.14. The van der Waals surface area contributed by atoms with Crippen LogP contribution >= 0.6 is 11.3 Å². The molecule has 6 nitrogen and oxygen atoms in total. The predicted molar refractivity (Wildman–Crippen MR) is 106 cm³/mol. The summed E-state index contributed by atoms with van der Waals surface area (Å²) >= 11 is 1.23. The Hall–Kier alpha value is -3.52. The number of nitrogens with zero attached hydrogens (tertiary/aromatic N) is 2. The average Bonchev–Trinajstić information content (AvgIpc) is 3.22. The smallest absolute Gasteiger partial charge is 0.267 e. The number of hydrogen-bond acceptors (Lipinski definition) is 4. The Labute approximate surface area is 163 Å². The molecule has 140 valence electrons. The van der Waals surface area contributed by atoms with E-state index in [4.69, 9.17) is 5.73 Å². The standard InChI is InChI=1S/C20H15FN4O2S/c1-11-17(19(27)23-15-5-3-2-4-14(15)18(22)26)28-20-24-16(10-25(11)20)12-6-8-13(21)9-7-12/h2-10H,1H3,(H2,22,26)(H,23,27). The first-order valence-electron chi connectivity index (χ1n) is 8.38. The quantitative estimate of drug-likeness (QED) is 0.551. The summed E-state index contributed by atoms with van der Waals surface area (Å²) in [6.45, 7) is 1.81. The molecule has 8 heteroatoms. The van der Waals surface area contributed by atoms with Crippen LogP contribution in [-0.4, -0.2) is 21.2 Å². The summed E-state index contributed by atoms with van der Waals surface area (Å²) in [5.74, 6) is -1.27. The highest BCUT2D eigenvalue weighted by atomic mass is 32.1. The van der Waals surface area contributed by atoms with E-state index in [1.807, 2.05) is 17.5 Å².